The van der Waals surface area contributed by atoms with Crippen LogP contribution in [0.5, 0.6) is 0 Å². The van der Waals surface area contributed by atoms with E-state index >= 15 is 0 Å². The number of amides is 1. The zero-order valence-electron chi connectivity index (χ0n) is 10.8. The summed E-state index contributed by atoms with van der Waals surface area (Å²) in [6.07, 6.45) is 1.69. The third kappa shape index (κ3) is 2.37. The van der Waals surface area contributed by atoms with Gasteiger partial charge in [-0.2, -0.15) is 0 Å². The van der Waals surface area contributed by atoms with Crippen LogP contribution in [0.2, 0.25) is 0 Å². The predicted octanol–water partition coefficient (Wildman–Crippen LogP) is 2.24. The SMILES string of the molecule is CCCN(C=O)C(CC)(C(=O)O)c1ccccc1. The molecule has 1 aromatic rings. The van der Waals surface area contributed by atoms with Crippen LogP contribution in [0.1, 0.15) is 32.3 Å². The van der Waals surface area contributed by atoms with Gasteiger partial charge >= 0.3 is 5.97 Å². The molecule has 1 rings (SSSR count). The van der Waals surface area contributed by atoms with Gasteiger partial charge in [0.2, 0.25) is 6.41 Å². The first-order chi connectivity index (χ1) is 8.63. The van der Waals surface area contributed by atoms with Gasteiger partial charge in [-0.3, -0.25) is 4.79 Å². The van der Waals surface area contributed by atoms with E-state index in [1.54, 1.807) is 31.2 Å². The molecule has 0 radical (unpaired) electrons. The zero-order chi connectivity index (χ0) is 13.6. The molecule has 0 saturated carbocycles. The summed E-state index contributed by atoms with van der Waals surface area (Å²) in [4.78, 5) is 24.3. The third-order valence-corrected chi connectivity index (χ3v) is 3.20. The Hall–Kier alpha value is -1.84. The molecule has 18 heavy (non-hydrogen) atoms. The Morgan fingerprint density at radius 3 is 2.33 bits per heavy atom. The van der Waals surface area contributed by atoms with E-state index in [0.717, 1.165) is 6.42 Å². The second-order valence-corrected chi connectivity index (χ2v) is 4.18. The topological polar surface area (TPSA) is 57.6 Å². The fourth-order valence-electron chi connectivity index (χ4n) is 2.26. The van der Waals surface area contributed by atoms with Crippen molar-refractivity contribution in [3.05, 3.63) is 35.9 Å². The molecule has 98 valence electrons. The molecule has 4 heteroatoms. The van der Waals surface area contributed by atoms with Gasteiger partial charge in [0.1, 0.15) is 0 Å². The smallest absolute Gasteiger partial charge is 0.334 e. The van der Waals surface area contributed by atoms with E-state index in [1.807, 2.05) is 13.0 Å². The number of benzene rings is 1. The summed E-state index contributed by atoms with van der Waals surface area (Å²) in [6.45, 7) is 4.13. The Morgan fingerprint density at radius 2 is 1.94 bits per heavy atom. The van der Waals surface area contributed by atoms with Crippen molar-refractivity contribution in [3.8, 4) is 0 Å². The standard InChI is InChI=1S/C14H19NO3/c1-3-10-15(11-16)14(4-2,13(17)18)12-8-6-5-7-9-12/h5-9,11H,3-4,10H2,1-2H3,(H,17,18). The predicted molar refractivity (Wildman–Crippen MR) is 69.1 cm³/mol. The van der Waals surface area contributed by atoms with E-state index in [9.17, 15) is 14.7 Å². The van der Waals surface area contributed by atoms with Gasteiger partial charge in [0.05, 0.1) is 0 Å². The zero-order valence-corrected chi connectivity index (χ0v) is 10.8. The molecule has 1 atom stereocenters. The summed E-state index contributed by atoms with van der Waals surface area (Å²) < 4.78 is 0. The Kier molecular flexibility index (Phi) is 4.89. The van der Waals surface area contributed by atoms with Crippen molar-refractivity contribution >= 4 is 12.4 Å². The summed E-state index contributed by atoms with van der Waals surface area (Å²) in [5.41, 5.74) is -0.625. The van der Waals surface area contributed by atoms with Gasteiger partial charge in [0.15, 0.2) is 5.54 Å². The lowest BCUT2D eigenvalue weighted by atomic mass is 9.85. The van der Waals surface area contributed by atoms with Gasteiger partial charge in [-0.25, -0.2) is 4.79 Å². The number of hydrogen-bond donors (Lipinski definition) is 1. The molecule has 0 saturated heterocycles. The van der Waals surface area contributed by atoms with E-state index in [2.05, 4.69) is 0 Å². The van der Waals surface area contributed by atoms with Crippen molar-refractivity contribution in [2.24, 2.45) is 0 Å². The minimum Gasteiger partial charge on any atom is -0.479 e. The molecule has 1 N–H and O–H groups in total. The summed E-state index contributed by atoms with van der Waals surface area (Å²) in [7, 11) is 0. The number of carbonyl (C=O) groups is 2. The van der Waals surface area contributed by atoms with Crippen molar-refractivity contribution in [1.29, 1.82) is 0 Å². The average molecular weight is 249 g/mol. The minimum atomic E-state index is -1.26. The molecule has 0 bridgehead atoms. The van der Waals surface area contributed by atoms with Crippen molar-refractivity contribution in [1.82, 2.24) is 4.90 Å². The number of carboxylic acid groups (broad SMARTS) is 1. The highest BCUT2D eigenvalue weighted by molar-refractivity contribution is 5.83. The highest BCUT2D eigenvalue weighted by Crippen LogP contribution is 2.31. The van der Waals surface area contributed by atoms with E-state index < -0.39 is 11.5 Å². The lowest BCUT2D eigenvalue weighted by molar-refractivity contribution is -0.156. The third-order valence-electron chi connectivity index (χ3n) is 3.20. The fourth-order valence-corrected chi connectivity index (χ4v) is 2.26. The molecule has 0 aliphatic heterocycles. The van der Waals surface area contributed by atoms with Crippen LogP contribution in [-0.2, 0) is 15.1 Å². The minimum absolute atomic E-state index is 0.338. The van der Waals surface area contributed by atoms with Crippen molar-refractivity contribution in [2.75, 3.05) is 6.54 Å². The second-order valence-electron chi connectivity index (χ2n) is 4.18. The molecule has 0 aliphatic rings. The van der Waals surface area contributed by atoms with Gasteiger partial charge in [0.25, 0.3) is 0 Å². The molecule has 1 unspecified atom stereocenters. The van der Waals surface area contributed by atoms with Crippen molar-refractivity contribution in [3.63, 3.8) is 0 Å². The van der Waals surface area contributed by atoms with Crippen LogP contribution in [0.3, 0.4) is 0 Å². The van der Waals surface area contributed by atoms with Crippen LogP contribution in [-0.4, -0.2) is 28.9 Å². The molecule has 1 aromatic carbocycles. The first-order valence-corrected chi connectivity index (χ1v) is 6.14. The normalized spacial score (nSPS) is 13.7. The van der Waals surface area contributed by atoms with Crippen LogP contribution in [0.25, 0.3) is 0 Å². The lowest BCUT2D eigenvalue weighted by Crippen LogP contribution is -2.51. The van der Waals surface area contributed by atoms with Gasteiger partial charge in [0, 0.05) is 6.54 Å². The molecule has 0 spiro atoms. The summed E-state index contributed by atoms with van der Waals surface area (Å²) in [6, 6.07) is 8.92. The maximum atomic E-state index is 11.7. The number of aliphatic carboxylic acids is 1. The summed E-state index contributed by atoms with van der Waals surface area (Å²) in [5.74, 6) is -0.989. The quantitative estimate of drug-likeness (QED) is 0.754. The molecule has 0 aromatic heterocycles. The molecule has 0 aliphatic carbocycles. The van der Waals surface area contributed by atoms with Crippen molar-refractivity contribution < 1.29 is 14.7 Å². The van der Waals surface area contributed by atoms with E-state index in [4.69, 9.17) is 0 Å². The second kappa shape index (κ2) is 6.19. The maximum absolute atomic E-state index is 11.7. The molecular weight excluding hydrogens is 230 g/mol. The summed E-state index contributed by atoms with van der Waals surface area (Å²) >= 11 is 0. The Morgan fingerprint density at radius 1 is 1.33 bits per heavy atom. The molecule has 4 nitrogen and oxygen atoms in total. The van der Waals surface area contributed by atoms with E-state index in [-0.39, 0.29) is 0 Å². The number of hydrogen-bond acceptors (Lipinski definition) is 2. The van der Waals surface area contributed by atoms with E-state index in [1.165, 1.54) is 4.90 Å². The maximum Gasteiger partial charge on any atom is 0.334 e. The van der Waals surface area contributed by atoms with Crippen LogP contribution in [0.4, 0.5) is 0 Å². The van der Waals surface area contributed by atoms with Gasteiger partial charge in [-0.1, -0.05) is 44.2 Å². The number of carboxylic acids is 1. The average Bonchev–Trinajstić information content (AvgIpc) is 2.39. The number of carbonyl (C=O) groups excluding carboxylic acids is 1. The number of rotatable bonds is 7. The molecule has 1 amide bonds. The first-order valence-electron chi connectivity index (χ1n) is 6.14. The van der Waals surface area contributed by atoms with Gasteiger partial charge < -0.3 is 10.0 Å². The highest BCUT2D eigenvalue weighted by Gasteiger charge is 2.43. The Labute approximate surface area is 107 Å². The van der Waals surface area contributed by atoms with E-state index in [0.29, 0.717) is 24.9 Å². The van der Waals surface area contributed by atoms with Crippen LogP contribution in [0.15, 0.2) is 30.3 Å². The van der Waals surface area contributed by atoms with Crippen LogP contribution >= 0.6 is 0 Å². The van der Waals surface area contributed by atoms with Gasteiger partial charge in [-0.15, -0.1) is 0 Å². The molecule has 0 heterocycles. The van der Waals surface area contributed by atoms with Gasteiger partial charge in [-0.05, 0) is 18.4 Å². The largest absolute Gasteiger partial charge is 0.479 e. The first kappa shape index (κ1) is 14.2. The summed E-state index contributed by atoms with van der Waals surface area (Å²) in [5, 5.41) is 9.60. The van der Waals surface area contributed by atoms with Crippen LogP contribution in [0, 0.1) is 0 Å². The number of nitrogens with zero attached hydrogens (tertiary/aromatic N) is 1. The monoisotopic (exact) mass is 249 g/mol. The highest BCUT2D eigenvalue weighted by atomic mass is 16.4. The Balaban J connectivity index is 3.33. The lowest BCUT2D eigenvalue weighted by Gasteiger charge is -2.38. The van der Waals surface area contributed by atoms with Crippen LogP contribution < -0.4 is 0 Å². The fraction of sp³-hybridized carbons (Fsp3) is 0.429. The van der Waals surface area contributed by atoms with Crippen molar-refractivity contribution in [2.45, 2.75) is 32.2 Å². The molecular formula is C14H19NO3. The molecule has 0 fully saturated rings. The Bertz CT molecular complexity index is 405.